The van der Waals surface area contributed by atoms with Crippen LogP contribution in [0.3, 0.4) is 0 Å². The lowest BCUT2D eigenvalue weighted by molar-refractivity contribution is -0.271. The minimum absolute atomic E-state index is 0.00480. The third-order valence-electron chi connectivity index (χ3n) is 12.7. The molecule has 0 unspecified atom stereocenters. The molecule has 0 spiro atoms. The second kappa shape index (κ2) is 22.5. The molecule has 0 saturated carbocycles. The number of likely N-dealkylation sites (N-methyl/N-ethyl adjacent to an activating group) is 1. The maximum Gasteiger partial charge on any atom is 0.412 e. The first kappa shape index (κ1) is 54.6. The molecule has 4 aromatic rings. The number of ether oxygens (including phenoxy) is 6. The molecule has 0 radical (unpaired) electrons. The molecule has 24 nitrogen and oxygen atoms in total. The molecule has 0 aliphatic carbocycles. The van der Waals surface area contributed by atoms with E-state index in [1.807, 2.05) is 6.92 Å². The van der Waals surface area contributed by atoms with Gasteiger partial charge in [-0.15, -0.1) is 6.42 Å². The van der Waals surface area contributed by atoms with Crippen molar-refractivity contribution in [2.75, 3.05) is 57.4 Å². The second-order valence-electron chi connectivity index (χ2n) is 17.8. The number of aliphatic hydroxyl groups excluding tert-OH is 3. The van der Waals surface area contributed by atoms with Crippen molar-refractivity contribution < 1.29 is 86.3 Å². The Balaban J connectivity index is 1.10. The average Bonchev–Trinajstić information content (AvgIpc) is 3.73. The Kier molecular flexibility index (Phi) is 16.6. The summed E-state index contributed by atoms with van der Waals surface area (Å²) in [5.41, 5.74) is 1.07. The van der Waals surface area contributed by atoms with Gasteiger partial charge in [-0.3, -0.25) is 19.3 Å². The highest BCUT2D eigenvalue weighted by molar-refractivity contribution is 7.90. The maximum atomic E-state index is 13.8. The van der Waals surface area contributed by atoms with E-state index in [4.69, 9.17) is 39.8 Å². The number of carboxylic acid groups (broad SMARTS) is 1. The number of carboxylic acids is 1. The molecule has 1 fully saturated rings. The number of hydrogen-bond donors (Lipinski definition) is 6. The van der Waals surface area contributed by atoms with E-state index in [1.54, 1.807) is 31.2 Å². The van der Waals surface area contributed by atoms with Gasteiger partial charge in [0.1, 0.15) is 59.5 Å². The predicted molar refractivity (Wildman–Crippen MR) is 258 cm³/mol. The van der Waals surface area contributed by atoms with E-state index < -0.39 is 107 Å². The zero-order valence-electron chi connectivity index (χ0n) is 40.6. The van der Waals surface area contributed by atoms with Gasteiger partial charge in [0.05, 0.1) is 60.0 Å². The van der Waals surface area contributed by atoms with Crippen molar-refractivity contribution in [2.45, 2.75) is 89.2 Å². The van der Waals surface area contributed by atoms with Gasteiger partial charge in [-0.25, -0.2) is 27.8 Å². The van der Waals surface area contributed by atoms with Crippen molar-refractivity contribution in [1.82, 2.24) is 19.4 Å². The molecule has 74 heavy (non-hydrogen) atoms. The molecular formula is C49H55N5O19S. The zero-order valence-corrected chi connectivity index (χ0v) is 41.5. The van der Waals surface area contributed by atoms with Crippen molar-refractivity contribution in [3.63, 3.8) is 0 Å². The van der Waals surface area contributed by atoms with Gasteiger partial charge in [0.2, 0.25) is 18.1 Å². The molecule has 0 bridgehead atoms. The number of cyclic esters (lactones) is 1. The lowest BCUT2D eigenvalue weighted by Crippen LogP contribution is -2.61. The van der Waals surface area contributed by atoms with Crippen LogP contribution in [0.1, 0.15) is 54.5 Å². The lowest BCUT2D eigenvalue weighted by atomic mass is 9.86. The number of aryl methyl sites for hydroxylation is 1. The van der Waals surface area contributed by atoms with Gasteiger partial charge in [0.15, 0.2) is 18.4 Å². The number of aliphatic carboxylic acids is 1. The van der Waals surface area contributed by atoms with Crippen LogP contribution in [0, 0.1) is 12.3 Å². The summed E-state index contributed by atoms with van der Waals surface area (Å²) >= 11 is 0. The normalized spacial score (nSPS) is 20.8. The van der Waals surface area contributed by atoms with Crippen molar-refractivity contribution >= 4 is 56.3 Å². The fourth-order valence-electron chi connectivity index (χ4n) is 8.62. The van der Waals surface area contributed by atoms with Crippen molar-refractivity contribution in [3.05, 3.63) is 80.6 Å². The number of hydrogen-bond acceptors (Lipinski definition) is 19. The van der Waals surface area contributed by atoms with E-state index >= 15 is 0 Å². The number of carbonyl (C=O) groups excluding carboxylic acids is 4. The van der Waals surface area contributed by atoms with Crippen molar-refractivity contribution in [2.24, 2.45) is 0 Å². The standard InChI is InChI=1S/C49H55N5O19S/c1-6-15-68-16-13-38(56)52(4)22-37(55)50-34-18-26(9-12-36(34)72-46-42(59)40(57)41(58)43(73-46)45(61)62)23-70-48(64)53(14-17-74(5,66)67)25-71-27-10-11-33-29(19-27)28(7-2)30-21-54-35(39(30)51-33)20-32-31(44(54)60)24-69-47(63)49(32,65)8-3/h1,9-12,18-20,40-43,46,57-59,65H,7-8,13-17,21-25H2,2-5H3,(H,50,55)(H,61,62)/t40-,41-,42+,43-,46+,49-/m0/s1. The summed E-state index contributed by atoms with van der Waals surface area (Å²) in [5, 5.41) is 55.3. The molecule has 2 aromatic carbocycles. The summed E-state index contributed by atoms with van der Waals surface area (Å²) in [6, 6.07) is 10.5. The number of pyridine rings is 2. The summed E-state index contributed by atoms with van der Waals surface area (Å²) in [7, 11) is -2.26. The monoisotopic (exact) mass is 1050 g/mol. The number of esters is 1. The number of sulfone groups is 1. The minimum atomic E-state index is -3.62. The van der Waals surface area contributed by atoms with Crippen LogP contribution in [0.15, 0.2) is 47.3 Å². The van der Waals surface area contributed by atoms with Crippen molar-refractivity contribution in [3.8, 4) is 35.2 Å². The van der Waals surface area contributed by atoms with E-state index in [1.165, 1.54) is 29.8 Å². The fraction of sp³-hybridized carbons (Fsp3) is 0.449. The number of carbonyl (C=O) groups is 5. The van der Waals surface area contributed by atoms with E-state index in [9.17, 15) is 62.7 Å². The van der Waals surface area contributed by atoms with E-state index in [0.717, 1.165) is 27.2 Å². The summed E-state index contributed by atoms with van der Waals surface area (Å²) in [6.07, 6.45) is -4.40. The number of aliphatic hydroxyl groups is 4. The van der Waals surface area contributed by atoms with Crippen molar-refractivity contribution in [1.29, 1.82) is 0 Å². The lowest BCUT2D eigenvalue weighted by Gasteiger charge is -2.38. The summed E-state index contributed by atoms with van der Waals surface area (Å²) in [6.45, 7) is 1.55. The number of amides is 3. The molecule has 25 heteroatoms. The van der Waals surface area contributed by atoms with Gasteiger partial charge in [-0.1, -0.05) is 25.8 Å². The van der Waals surface area contributed by atoms with E-state index in [2.05, 4.69) is 11.2 Å². The Hall–Kier alpha value is -7.18. The quantitative estimate of drug-likeness (QED) is 0.0265. The van der Waals surface area contributed by atoms with Gasteiger partial charge in [-0.05, 0) is 60.4 Å². The molecule has 396 valence electrons. The highest BCUT2D eigenvalue weighted by Gasteiger charge is 2.49. The fourth-order valence-corrected chi connectivity index (χ4v) is 9.18. The topological polar surface area (TPSA) is 329 Å². The molecule has 3 aliphatic rings. The zero-order chi connectivity index (χ0) is 53.8. The highest BCUT2D eigenvalue weighted by Crippen LogP contribution is 2.41. The van der Waals surface area contributed by atoms with E-state index in [0.29, 0.717) is 28.7 Å². The van der Waals surface area contributed by atoms with Crippen LogP contribution in [0.2, 0.25) is 0 Å². The molecule has 2 aromatic heterocycles. The molecule has 6 atom stereocenters. The SMILES string of the molecule is C#CCOCCC(=O)N(C)CC(=O)Nc1cc(COC(=O)N(CCS(C)(=O)=O)COc2ccc3nc4c(c(CC)c3c2)Cn2c-4cc3c(c2=O)COC(=O)[C@]3(O)CC)ccc1O[C@@H]1O[C@H](C(=O)O)[C@@H](O)[C@H](O)[C@H]1O. The average molecular weight is 1050 g/mol. The van der Waals surface area contributed by atoms with Crippen LogP contribution in [-0.2, 0) is 79.7 Å². The Morgan fingerprint density at radius 1 is 1.04 bits per heavy atom. The van der Waals surface area contributed by atoms with Crippen LogP contribution in [0.25, 0.3) is 22.3 Å². The molecule has 7 rings (SSSR count). The van der Waals surface area contributed by atoms with Gasteiger partial charge < -0.3 is 68.7 Å². The molecule has 1 saturated heterocycles. The third kappa shape index (κ3) is 11.6. The van der Waals surface area contributed by atoms with Gasteiger partial charge >= 0.3 is 18.0 Å². The summed E-state index contributed by atoms with van der Waals surface area (Å²) in [5.74, 6) is -1.93. The van der Waals surface area contributed by atoms with Crippen LogP contribution < -0.4 is 20.3 Å². The van der Waals surface area contributed by atoms with Gasteiger partial charge in [0, 0.05) is 36.4 Å². The highest BCUT2D eigenvalue weighted by atomic mass is 32.2. The minimum Gasteiger partial charge on any atom is -0.479 e. The first-order chi connectivity index (χ1) is 35.1. The second-order valence-corrected chi connectivity index (χ2v) is 20.0. The first-order valence-corrected chi connectivity index (χ1v) is 25.3. The first-order valence-electron chi connectivity index (χ1n) is 23.2. The van der Waals surface area contributed by atoms with Crippen LogP contribution in [-0.4, -0.2) is 166 Å². The molecule has 6 N–H and O–H groups in total. The number of nitrogens with one attached hydrogen (secondary N) is 1. The number of terminal acetylenes is 1. The van der Waals surface area contributed by atoms with Crippen LogP contribution in [0.4, 0.5) is 10.5 Å². The Bertz CT molecular complexity index is 3080. The number of aromatic nitrogens is 2. The largest absolute Gasteiger partial charge is 0.479 e. The number of benzene rings is 2. The summed E-state index contributed by atoms with van der Waals surface area (Å²) in [4.78, 5) is 84.9. The molecule has 3 aliphatic heterocycles. The third-order valence-corrected chi connectivity index (χ3v) is 13.6. The molecule has 5 heterocycles. The van der Waals surface area contributed by atoms with Gasteiger partial charge in [0.25, 0.3) is 5.56 Å². The number of anilines is 1. The Labute approximate surface area is 423 Å². The number of fused-ring (bicyclic) bond motifs is 5. The number of rotatable bonds is 20. The van der Waals surface area contributed by atoms with E-state index in [-0.39, 0.29) is 79.6 Å². The molecule has 3 amide bonds. The number of nitrogens with zero attached hydrogens (tertiary/aromatic N) is 4. The Morgan fingerprint density at radius 3 is 2.49 bits per heavy atom. The molecular weight excluding hydrogens is 995 g/mol. The smallest absolute Gasteiger partial charge is 0.412 e. The summed E-state index contributed by atoms with van der Waals surface area (Å²) < 4.78 is 59.1. The van der Waals surface area contributed by atoms with Gasteiger partial charge in [-0.2, -0.15) is 0 Å². The predicted octanol–water partition coefficient (Wildman–Crippen LogP) is 0.370. The van der Waals surface area contributed by atoms with Crippen LogP contribution in [0.5, 0.6) is 11.5 Å². The van der Waals surface area contributed by atoms with Crippen LogP contribution >= 0.6 is 0 Å². The maximum absolute atomic E-state index is 13.8. The Morgan fingerprint density at radius 2 is 1.80 bits per heavy atom.